The summed E-state index contributed by atoms with van der Waals surface area (Å²) in [6.07, 6.45) is 5.09. The zero-order chi connectivity index (χ0) is 19.6. The van der Waals surface area contributed by atoms with Crippen LogP contribution in [0.3, 0.4) is 0 Å². The van der Waals surface area contributed by atoms with Crippen molar-refractivity contribution >= 4 is 11.6 Å². The van der Waals surface area contributed by atoms with Crippen molar-refractivity contribution in [3.05, 3.63) is 10.4 Å². The lowest BCUT2D eigenvalue weighted by atomic mass is 9.44. The van der Waals surface area contributed by atoms with E-state index in [-0.39, 0.29) is 28.4 Å². The molecule has 148 valence electrons. The fourth-order valence-electron chi connectivity index (χ4n) is 7.95. The van der Waals surface area contributed by atoms with E-state index < -0.39 is 12.1 Å². The number of hydrogen-bond donors (Lipinski definition) is 1. The first-order valence-corrected chi connectivity index (χ1v) is 10.5. The summed E-state index contributed by atoms with van der Waals surface area (Å²) in [6, 6.07) is -0.440. The van der Waals surface area contributed by atoms with Crippen LogP contribution in [0.1, 0.15) is 65.7 Å². The highest BCUT2D eigenvalue weighted by Crippen LogP contribution is 2.66. The lowest BCUT2D eigenvalue weighted by Crippen LogP contribution is -2.59. The van der Waals surface area contributed by atoms with Crippen molar-refractivity contribution in [3.63, 3.8) is 0 Å². The van der Waals surface area contributed by atoms with Gasteiger partial charge in [-0.15, -0.1) is 0 Å². The number of nitrogens with zero attached hydrogens (tertiary/aromatic N) is 3. The quantitative estimate of drug-likeness (QED) is 0.448. The zero-order valence-electron chi connectivity index (χ0n) is 16.6. The number of Topliss-reactive ketones (excluding diaryl/α,β-unsaturated/α-hetero) is 2. The summed E-state index contributed by atoms with van der Waals surface area (Å²) in [6.45, 7) is 6.05. The molecule has 0 radical (unpaired) electrons. The third-order valence-electron chi connectivity index (χ3n) is 9.06. The number of hydrogen-bond acceptors (Lipinski definition) is 4. The van der Waals surface area contributed by atoms with E-state index in [1.54, 1.807) is 6.92 Å². The molecule has 4 rings (SSSR count). The van der Waals surface area contributed by atoms with Gasteiger partial charge in [-0.25, -0.2) is 0 Å². The van der Waals surface area contributed by atoms with Gasteiger partial charge in [-0.2, -0.15) is 0 Å². The van der Waals surface area contributed by atoms with Crippen LogP contribution in [0.25, 0.3) is 10.4 Å². The summed E-state index contributed by atoms with van der Waals surface area (Å²) in [5.74, 6) is 1.58. The van der Waals surface area contributed by atoms with Crippen LogP contribution in [0.5, 0.6) is 0 Å². The Kier molecular flexibility index (Phi) is 4.43. The molecule has 1 N–H and O–H groups in total. The monoisotopic (exact) mass is 373 g/mol. The third kappa shape index (κ3) is 2.60. The van der Waals surface area contributed by atoms with Gasteiger partial charge < -0.3 is 5.11 Å². The second-order valence-corrected chi connectivity index (χ2v) is 10.2. The molecule has 0 unspecified atom stereocenters. The van der Waals surface area contributed by atoms with Crippen molar-refractivity contribution in [1.82, 2.24) is 0 Å². The topological polar surface area (TPSA) is 103 Å². The molecule has 0 amide bonds. The predicted octanol–water partition coefficient (Wildman–Crippen LogP) is 4.06. The summed E-state index contributed by atoms with van der Waals surface area (Å²) in [5, 5.41) is 14.3. The zero-order valence-corrected chi connectivity index (χ0v) is 16.6. The number of aliphatic hydroxyl groups excluding tert-OH is 1. The first-order valence-electron chi connectivity index (χ1n) is 10.5. The first kappa shape index (κ1) is 18.9. The molecular weight excluding hydrogens is 342 g/mol. The minimum absolute atomic E-state index is 0.0158. The fraction of sp³-hybridized carbons (Fsp3) is 0.905. The third-order valence-corrected chi connectivity index (χ3v) is 9.06. The maximum absolute atomic E-state index is 13.5. The maximum Gasteiger partial charge on any atom is 0.137 e. The molecule has 6 heteroatoms. The number of rotatable bonds is 2. The van der Waals surface area contributed by atoms with Gasteiger partial charge in [-0.1, -0.05) is 19.0 Å². The van der Waals surface area contributed by atoms with Crippen LogP contribution in [-0.2, 0) is 9.59 Å². The van der Waals surface area contributed by atoms with E-state index in [9.17, 15) is 14.7 Å². The molecule has 6 nitrogen and oxygen atoms in total. The Bertz CT molecular complexity index is 717. The van der Waals surface area contributed by atoms with Crippen LogP contribution in [0.2, 0.25) is 0 Å². The molecule has 0 aliphatic heterocycles. The number of ketones is 2. The molecule has 0 spiro atoms. The largest absolute Gasteiger partial charge is 0.393 e. The molecule has 4 fully saturated rings. The molecule has 0 heterocycles. The summed E-state index contributed by atoms with van der Waals surface area (Å²) in [4.78, 5) is 28.6. The highest BCUT2D eigenvalue weighted by Gasteiger charge is 2.64. The molecule has 4 saturated carbocycles. The van der Waals surface area contributed by atoms with Gasteiger partial charge in [-0.3, -0.25) is 9.59 Å². The summed E-state index contributed by atoms with van der Waals surface area (Å²) in [5.41, 5.74) is 8.48. The number of carbonyl (C=O) groups excluding carboxylic acids is 2. The molecule has 4 aliphatic carbocycles. The Morgan fingerprint density at radius 3 is 2.63 bits per heavy atom. The second-order valence-electron chi connectivity index (χ2n) is 10.2. The van der Waals surface area contributed by atoms with Gasteiger partial charge in [0.25, 0.3) is 0 Å². The van der Waals surface area contributed by atoms with Crippen LogP contribution in [-0.4, -0.2) is 28.8 Å². The minimum Gasteiger partial charge on any atom is -0.393 e. The average Bonchev–Trinajstić information content (AvgIpc) is 2.92. The number of aliphatic hydroxyl groups is 1. The van der Waals surface area contributed by atoms with Crippen molar-refractivity contribution < 1.29 is 14.7 Å². The van der Waals surface area contributed by atoms with E-state index in [1.165, 1.54) is 0 Å². The molecular formula is C21H31N3O3. The standard InChI is InChI=1S/C21H31N3O3/c1-11(25)14-6-7-15-13-5-4-12-8-17(26)16(23-24-22)9-20(12,2)19(13)18(27)10-21(14,15)3/h12-17,19,26H,4-10H2,1-3H3/t12-,13-,14+,15-,16-,17-,19+,20-,21+/m0/s1. The number of carbonyl (C=O) groups is 2. The maximum atomic E-state index is 13.5. The molecule has 4 aliphatic rings. The van der Waals surface area contributed by atoms with Crippen molar-refractivity contribution in [2.75, 3.05) is 0 Å². The molecule has 0 saturated heterocycles. The summed E-state index contributed by atoms with van der Waals surface area (Å²) < 4.78 is 0. The van der Waals surface area contributed by atoms with Gasteiger partial charge in [0.05, 0.1) is 12.1 Å². The van der Waals surface area contributed by atoms with Gasteiger partial charge in [0, 0.05) is 23.2 Å². The van der Waals surface area contributed by atoms with Gasteiger partial charge in [0.2, 0.25) is 0 Å². The lowest BCUT2D eigenvalue weighted by Gasteiger charge is -2.60. The van der Waals surface area contributed by atoms with Gasteiger partial charge in [0.15, 0.2) is 0 Å². The molecule has 0 bridgehead atoms. The number of fused-ring (bicyclic) bond motifs is 5. The molecule has 27 heavy (non-hydrogen) atoms. The SMILES string of the molecule is CC(=O)[C@H]1CC[C@H]2[C@@H]3CC[C@H]4C[C@H](O)[C@@H](N=[N+]=[N-])C[C@]4(C)[C@H]3C(=O)C[C@]12C. The normalized spacial score (nSPS) is 51.6. The van der Waals surface area contributed by atoms with Gasteiger partial charge >= 0.3 is 0 Å². The van der Waals surface area contributed by atoms with E-state index >= 15 is 0 Å². The number of azide groups is 1. The van der Waals surface area contributed by atoms with Crippen LogP contribution >= 0.6 is 0 Å². The summed E-state index contributed by atoms with van der Waals surface area (Å²) >= 11 is 0. The van der Waals surface area contributed by atoms with Crippen molar-refractivity contribution in [3.8, 4) is 0 Å². The lowest BCUT2D eigenvalue weighted by molar-refractivity contribution is -0.163. The van der Waals surface area contributed by atoms with Crippen molar-refractivity contribution in [2.24, 2.45) is 45.5 Å². The minimum atomic E-state index is -0.604. The Labute approximate surface area is 160 Å². The Hall–Kier alpha value is -1.39. The van der Waals surface area contributed by atoms with E-state index in [0.29, 0.717) is 42.8 Å². The van der Waals surface area contributed by atoms with E-state index in [2.05, 4.69) is 23.9 Å². The molecule has 0 aromatic heterocycles. The predicted molar refractivity (Wildman–Crippen MR) is 101 cm³/mol. The summed E-state index contributed by atoms with van der Waals surface area (Å²) in [7, 11) is 0. The van der Waals surface area contributed by atoms with Crippen molar-refractivity contribution in [1.29, 1.82) is 0 Å². The Morgan fingerprint density at radius 2 is 1.96 bits per heavy atom. The van der Waals surface area contributed by atoms with E-state index in [0.717, 1.165) is 25.7 Å². The van der Waals surface area contributed by atoms with E-state index in [1.807, 2.05) is 0 Å². The second kappa shape index (κ2) is 6.31. The Balaban J connectivity index is 1.69. The smallest absolute Gasteiger partial charge is 0.137 e. The average molecular weight is 373 g/mol. The Morgan fingerprint density at radius 1 is 1.22 bits per heavy atom. The highest BCUT2D eigenvalue weighted by molar-refractivity contribution is 5.87. The van der Waals surface area contributed by atoms with E-state index in [4.69, 9.17) is 5.53 Å². The van der Waals surface area contributed by atoms with Gasteiger partial charge in [-0.05, 0) is 79.6 Å². The fourth-order valence-corrected chi connectivity index (χ4v) is 7.95. The molecule has 9 atom stereocenters. The van der Waals surface area contributed by atoms with Crippen molar-refractivity contribution in [2.45, 2.75) is 77.9 Å². The van der Waals surface area contributed by atoms with Crippen LogP contribution < -0.4 is 0 Å². The van der Waals surface area contributed by atoms with Crippen LogP contribution in [0.15, 0.2) is 5.11 Å². The first-order chi connectivity index (χ1) is 12.7. The highest BCUT2D eigenvalue weighted by atomic mass is 16.3. The van der Waals surface area contributed by atoms with Gasteiger partial charge in [0.1, 0.15) is 11.6 Å². The van der Waals surface area contributed by atoms with Crippen LogP contribution in [0, 0.1) is 40.4 Å². The van der Waals surface area contributed by atoms with Crippen LogP contribution in [0.4, 0.5) is 0 Å². The molecule has 0 aromatic rings. The molecule has 0 aromatic carbocycles.